The van der Waals surface area contributed by atoms with E-state index >= 15 is 0 Å². The van der Waals surface area contributed by atoms with Crippen LogP contribution in [0.4, 0.5) is 5.69 Å². The van der Waals surface area contributed by atoms with Crippen molar-refractivity contribution in [1.29, 1.82) is 0 Å². The van der Waals surface area contributed by atoms with E-state index in [2.05, 4.69) is 14.7 Å². The first-order valence-electron chi connectivity index (χ1n) is 4.58. The lowest BCUT2D eigenvalue weighted by Gasteiger charge is -2.03. The maximum Gasteiger partial charge on any atom is 0.340 e. The van der Waals surface area contributed by atoms with E-state index < -0.39 is 5.97 Å². The van der Waals surface area contributed by atoms with Gasteiger partial charge in [-0.1, -0.05) is 11.8 Å². The van der Waals surface area contributed by atoms with Crippen molar-refractivity contribution in [3.63, 3.8) is 0 Å². The number of rotatable bonds is 2. The Bertz CT molecular complexity index is 550. The molecule has 6 heteroatoms. The normalized spacial score (nSPS) is 10.6. The Kier molecular flexibility index (Phi) is 2.74. The lowest BCUT2D eigenvalue weighted by molar-refractivity contribution is 0.0602. The fraction of sp³-hybridized carbons (Fsp3) is 0.200. The number of imidazole rings is 1. The van der Waals surface area contributed by atoms with E-state index in [4.69, 9.17) is 5.73 Å². The summed E-state index contributed by atoms with van der Waals surface area (Å²) in [7, 11) is 1.32. The van der Waals surface area contributed by atoms with Gasteiger partial charge in [-0.2, -0.15) is 0 Å². The van der Waals surface area contributed by atoms with Crippen LogP contribution >= 0.6 is 11.8 Å². The van der Waals surface area contributed by atoms with Gasteiger partial charge in [0.2, 0.25) is 0 Å². The number of fused-ring (bicyclic) bond motifs is 1. The molecule has 0 unspecified atom stereocenters. The molecule has 5 nitrogen and oxygen atoms in total. The second-order valence-electron chi connectivity index (χ2n) is 3.16. The first-order valence-corrected chi connectivity index (χ1v) is 5.80. The highest BCUT2D eigenvalue weighted by Crippen LogP contribution is 2.25. The zero-order valence-electron chi connectivity index (χ0n) is 8.90. The number of esters is 1. The van der Waals surface area contributed by atoms with Gasteiger partial charge in [-0.3, -0.25) is 0 Å². The topological polar surface area (TPSA) is 81.0 Å². The van der Waals surface area contributed by atoms with E-state index in [1.54, 1.807) is 12.1 Å². The van der Waals surface area contributed by atoms with Gasteiger partial charge in [0.25, 0.3) is 0 Å². The van der Waals surface area contributed by atoms with Gasteiger partial charge in [0.05, 0.1) is 23.9 Å². The van der Waals surface area contributed by atoms with Crippen molar-refractivity contribution in [1.82, 2.24) is 9.97 Å². The van der Waals surface area contributed by atoms with E-state index in [1.165, 1.54) is 18.9 Å². The Morgan fingerprint density at radius 2 is 2.31 bits per heavy atom. The minimum Gasteiger partial charge on any atom is -0.465 e. The minimum atomic E-state index is -0.451. The number of benzene rings is 1. The summed E-state index contributed by atoms with van der Waals surface area (Å²) in [6.45, 7) is 0. The third-order valence-corrected chi connectivity index (χ3v) is 2.85. The van der Waals surface area contributed by atoms with Crippen molar-refractivity contribution in [2.45, 2.75) is 5.16 Å². The van der Waals surface area contributed by atoms with Crippen molar-refractivity contribution in [3.05, 3.63) is 17.7 Å². The van der Waals surface area contributed by atoms with E-state index in [9.17, 15) is 4.79 Å². The van der Waals surface area contributed by atoms with Gasteiger partial charge in [-0.15, -0.1) is 0 Å². The quantitative estimate of drug-likeness (QED) is 0.471. The van der Waals surface area contributed by atoms with Crippen LogP contribution in [0.3, 0.4) is 0 Å². The molecule has 1 aromatic heterocycles. The summed E-state index contributed by atoms with van der Waals surface area (Å²) < 4.78 is 4.64. The molecule has 0 fully saturated rings. The van der Waals surface area contributed by atoms with Gasteiger partial charge >= 0.3 is 5.97 Å². The largest absolute Gasteiger partial charge is 0.465 e. The molecule has 0 saturated heterocycles. The molecule has 3 N–H and O–H groups in total. The number of H-pyrrole nitrogens is 1. The van der Waals surface area contributed by atoms with Crippen LogP contribution in [0, 0.1) is 0 Å². The molecular formula is C10H11N3O2S. The van der Waals surface area contributed by atoms with Gasteiger partial charge in [0.15, 0.2) is 5.16 Å². The molecule has 0 aliphatic carbocycles. The molecule has 0 bridgehead atoms. The molecule has 2 rings (SSSR count). The third-order valence-electron chi connectivity index (χ3n) is 2.27. The van der Waals surface area contributed by atoms with E-state index in [-0.39, 0.29) is 0 Å². The number of nitrogens with zero attached hydrogens (tertiary/aromatic N) is 1. The van der Waals surface area contributed by atoms with E-state index in [0.29, 0.717) is 16.8 Å². The monoisotopic (exact) mass is 237 g/mol. The number of anilines is 1. The molecular weight excluding hydrogens is 226 g/mol. The molecule has 16 heavy (non-hydrogen) atoms. The summed E-state index contributed by atoms with van der Waals surface area (Å²) in [5.74, 6) is -0.451. The summed E-state index contributed by atoms with van der Waals surface area (Å²) in [5.41, 5.74) is 7.98. The Balaban J connectivity index is 2.64. The Hall–Kier alpha value is -1.69. The van der Waals surface area contributed by atoms with Crippen molar-refractivity contribution in [3.8, 4) is 0 Å². The number of thioether (sulfide) groups is 1. The van der Waals surface area contributed by atoms with Crippen LogP contribution < -0.4 is 5.73 Å². The number of carbonyl (C=O) groups excluding carboxylic acids is 1. The zero-order chi connectivity index (χ0) is 11.7. The predicted octanol–water partition coefficient (Wildman–Crippen LogP) is 1.65. The summed E-state index contributed by atoms with van der Waals surface area (Å²) >= 11 is 1.48. The van der Waals surface area contributed by atoms with Crippen molar-refractivity contribution < 1.29 is 9.53 Å². The number of hydrogen-bond acceptors (Lipinski definition) is 5. The fourth-order valence-electron chi connectivity index (χ4n) is 1.46. The number of nitrogen functional groups attached to an aromatic ring is 1. The van der Waals surface area contributed by atoms with Crippen LogP contribution in [-0.2, 0) is 4.74 Å². The molecule has 0 aliphatic heterocycles. The first kappa shape index (κ1) is 10.8. The number of nitrogens with two attached hydrogens (primary N) is 1. The van der Waals surface area contributed by atoms with Gasteiger partial charge in [0.1, 0.15) is 5.52 Å². The van der Waals surface area contributed by atoms with Crippen molar-refractivity contribution in [2.24, 2.45) is 0 Å². The van der Waals surface area contributed by atoms with Crippen molar-refractivity contribution >= 4 is 34.5 Å². The highest BCUT2D eigenvalue weighted by molar-refractivity contribution is 7.98. The van der Waals surface area contributed by atoms with Crippen LogP contribution in [0.1, 0.15) is 10.4 Å². The summed E-state index contributed by atoms with van der Waals surface area (Å²) in [4.78, 5) is 18.8. The highest BCUT2D eigenvalue weighted by atomic mass is 32.2. The second kappa shape index (κ2) is 4.05. The Morgan fingerprint density at radius 3 is 2.94 bits per heavy atom. The van der Waals surface area contributed by atoms with Gasteiger partial charge in [-0.05, 0) is 18.4 Å². The number of methoxy groups -OCH3 is 1. The molecule has 0 saturated carbocycles. The molecule has 0 atom stereocenters. The van der Waals surface area contributed by atoms with Crippen LogP contribution in [0.25, 0.3) is 11.0 Å². The number of aromatic amines is 1. The van der Waals surface area contributed by atoms with Gasteiger partial charge in [-0.25, -0.2) is 9.78 Å². The average molecular weight is 237 g/mol. The summed E-state index contributed by atoms with van der Waals surface area (Å²) in [5, 5.41) is 0.767. The molecule has 0 aliphatic rings. The van der Waals surface area contributed by atoms with Crippen LogP contribution in [0.2, 0.25) is 0 Å². The van der Waals surface area contributed by atoms with Crippen molar-refractivity contribution in [2.75, 3.05) is 19.1 Å². The second-order valence-corrected chi connectivity index (χ2v) is 3.96. The molecule has 0 radical (unpaired) electrons. The van der Waals surface area contributed by atoms with Gasteiger partial charge < -0.3 is 15.5 Å². The average Bonchev–Trinajstić information content (AvgIpc) is 2.72. The van der Waals surface area contributed by atoms with Crippen LogP contribution in [0.15, 0.2) is 17.3 Å². The highest BCUT2D eigenvalue weighted by Gasteiger charge is 2.14. The first-order chi connectivity index (χ1) is 7.67. The lowest BCUT2D eigenvalue weighted by atomic mass is 10.1. The minimum absolute atomic E-state index is 0.342. The predicted molar refractivity (Wildman–Crippen MR) is 63.6 cm³/mol. The molecule has 84 valence electrons. The van der Waals surface area contributed by atoms with E-state index in [0.717, 1.165) is 10.7 Å². The number of carbonyl (C=O) groups is 1. The van der Waals surface area contributed by atoms with E-state index in [1.807, 2.05) is 6.26 Å². The molecule has 0 amide bonds. The maximum atomic E-state index is 11.4. The Labute approximate surface area is 96.4 Å². The standard InChI is InChI=1S/C10H11N3O2S/c1-15-9(14)5-3-4-6-8(7(5)11)13-10(12-6)16-2/h3-4H,11H2,1-2H3,(H,12,13). The van der Waals surface area contributed by atoms with Crippen LogP contribution in [-0.4, -0.2) is 29.3 Å². The number of aromatic nitrogens is 2. The fourth-order valence-corrected chi connectivity index (χ4v) is 1.85. The number of hydrogen-bond donors (Lipinski definition) is 2. The molecule has 1 heterocycles. The lowest BCUT2D eigenvalue weighted by Crippen LogP contribution is -2.05. The molecule has 2 aromatic rings. The Morgan fingerprint density at radius 1 is 1.56 bits per heavy atom. The summed E-state index contributed by atoms with van der Waals surface area (Å²) in [6, 6.07) is 3.40. The zero-order valence-corrected chi connectivity index (χ0v) is 9.72. The summed E-state index contributed by atoms with van der Waals surface area (Å²) in [6.07, 6.45) is 1.91. The number of nitrogens with one attached hydrogen (secondary N) is 1. The molecule has 1 aromatic carbocycles. The molecule has 0 spiro atoms. The SMILES string of the molecule is COC(=O)c1ccc2[nH]c(SC)nc2c1N. The third kappa shape index (κ3) is 1.61. The number of ether oxygens (including phenoxy) is 1. The smallest absolute Gasteiger partial charge is 0.340 e. The van der Waals surface area contributed by atoms with Gasteiger partial charge in [0, 0.05) is 0 Å². The maximum absolute atomic E-state index is 11.4. The van der Waals surface area contributed by atoms with Crippen LogP contribution in [0.5, 0.6) is 0 Å².